The van der Waals surface area contributed by atoms with Crippen molar-refractivity contribution >= 4 is 17.3 Å². The van der Waals surface area contributed by atoms with Crippen LogP contribution in [0.15, 0.2) is 42.6 Å². The highest BCUT2D eigenvalue weighted by molar-refractivity contribution is 5.75. The zero-order valence-electron chi connectivity index (χ0n) is 17.2. The van der Waals surface area contributed by atoms with Gasteiger partial charge in [-0.2, -0.15) is 0 Å². The van der Waals surface area contributed by atoms with Gasteiger partial charge in [-0.05, 0) is 56.2 Å². The molecule has 1 fully saturated rings. The van der Waals surface area contributed by atoms with Gasteiger partial charge >= 0.3 is 0 Å². The van der Waals surface area contributed by atoms with Crippen LogP contribution in [0.1, 0.15) is 38.2 Å². The number of rotatable bonds is 9. The molecule has 1 aromatic heterocycles. The molecule has 1 saturated heterocycles. The molecule has 0 saturated carbocycles. The number of aromatic nitrogens is 1. The first-order valence-electron chi connectivity index (χ1n) is 10.3. The Bertz CT molecular complexity index is 877. The van der Waals surface area contributed by atoms with Crippen LogP contribution in [0.3, 0.4) is 0 Å². The van der Waals surface area contributed by atoms with Gasteiger partial charge in [0.05, 0.1) is 30.7 Å². The van der Waals surface area contributed by atoms with E-state index in [2.05, 4.69) is 0 Å². The van der Waals surface area contributed by atoms with Crippen molar-refractivity contribution < 1.29 is 19.2 Å². The molecule has 1 aliphatic rings. The predicted octanol–water partition coefficient (Wildman–Crippen LogP) is 3.44. The fourth-order valence-electron chi connectivity index (χ4n) is 3.68. The molecule has 160 valence electrons. The fraction of sp³-hybridized carbons (Fsp3) is 0.455. The van der Waals surface area contributed by atoms with Crippen LogP contribution >= 0.6 is 0 Å². The molecule has 30 heavy (non-hydrogen) atoms. The Hall–Kier alpha value is -3.16. The summed E-state index contributed by atoms with van der Waals surface area (Å²) in [6, 6.07) is 10.4. The molecular formula is C22H27N3O5. The van der Waals surface area contributed by atoms with E-state index in [0.29, 0.717) is 42.6 Å². The second kappa shape index (κ2) is 10.0. The second-order valence-corrected chi connectivity index (χ2v) is 7.74. The number of hydrogen-bond donors (Lipinski definition) is 0. The molecule has 0 aliphatic carbocycles. The van der Waals surface area contributed by atoms with Gasteiger partial charge in [0, 0.05) is 6.42 Å². The molecule has 2 heterocycles. The van der Waals surface area contributed by atoms with Crippen molar-refractivity contribution in [1.29, 1.82) is 0 Å². The molecule has 0 N–H and O–H groups in total. The maximum atomic E-state index is 12.0. The van der Waals surface area contributed by atoms with Crippen molar-refractivity contribution in [1.82, 2.24) is 0 Å². The topological polar surface area (TPSA) is 99.6 Å². The SMILES string of the molecule is CC(=O)CCc1ccc(OCCC2CCN(c3cc([N+](=O)[O-])cc[n+]3[O-])CC2)cc1. The van der Waals surface area contributed by atoms with Gasteiger partial charge in [-0.25, -0.2) is 4.73 Å². The number of ketones is 1. The van der Waals surface area contributed by atoms with Crippen LogP contribution in [-0.4, -0.2) is 30.4 Å². The Balaban J connectivity index is 1.43. The lowest BCUT2D eigenvalue weighted by Gasteiger charge is -2.29. The molecule has 8 heteroatoms. The Morgan fingerprint density at radius 2 is 1.93 bits per heavy atom. The third-order valence-corrected chi connectivity index (χ3v) is 5.52. The summed E-state index contributed by atoms with van der Waals surface area (Å²) >= 11 is 0. The number of benzene rings is 1. The summed E-state index contributed by atoms with van der Waals surface area (Å²) in [5.74, 6) is 1.85. The van der Waals surface area contributed by atoms with E-state index in [4.69, 9.17) is 4.74 Å². The van der Waals surface area contributed by atoms with Gasteiger partial charge in [-0.1, -0.05) is 12.1 Å². The van der Waals surface area contributed by atoms with Crippen LogP contribution in [0.4, 0.5) is 11.5 Å². The number of nitrogens with zero attached hydrogens (tertiary/aromatic N) is 3. The molecule has 3 rings (SSSR count). The van der Waals surface area contributed by atoms with Gasteiger partial charge in [0.2, 0.25) is 0 Å². The van der Waals surface area contributed by atoms with E-state index < -0.39 is 4.92 Å². The zero-order chi connectivity index (χ0) is 21.5. The Morgan fingerprint density at radius 3 is 2.57 bits per heavy atom. The lowest BCUT2D eigenvalue weighted by Crippen LogP contribution is -2.42. The number of aryl methyl sites for hydroxylation is 1. The molecule has 0 spiro atoms. The fourth-order valence-corrected chi connectivity index (χ4v) is 3.68. The quantitative estimate of drug-likeness (QED) is 0.270. The van der Waals surface area contributed by atoms with E-state index in [0.717, 1.165) is 37.0 Å². The largest absolute Gasteiger partial charge is 0.711 e. The first-order valence-corrected chi connectivity index (χ1v) is 10.3. The smallest absolute Gasteiger partial charge is 0.286 e. The van der Waals surface area contributed by atoms with Crippen molar-refractivity contribution in [3.63, 3.8) is 0 Å². The Labute approximate surface area is 175 Å². The monoisotopic (exact) mass is 413 g/mol. The summed E-state index contributed by atoms with van der Waals surface area (Å²) < 4.78 is 6.54. The van der Waals surface area contributed by atoms with Gasteiger partial charge in [0.15, 0.2) is 0 Å². The first kappa shape index (κ1) is 21.5. The molecule has 2 aromatic rings. The summed E-state index contributed by atoms with van der Waals surface area (Å²) in [7, 11) is 0. The molecule has 8 nitrogen and oxygen atoms in total. The standard InChI is InChI=1S/C22H27N3O5/c1-17(26)2-3-18-4-6-21(7-5-18)30-15-11-19-8-12-23(13-9-19)22-16-20(25(28)29)10-14-24(22)27/h4-7,10,14,16,19H,2-3,8-9,11-13,15H2,1H3. The molecule has 0 unspecified atom stereocenters. The van der Waals surface area contributed by atoms with Crippen LogP contribution < -0.4 is 14.4 Å². The summed E-state index contributed by atoms with van der Waals surface area (Å²) in [5.41, 5.74) is 1.06. The Morgan fingerprint density at radius 1 is 1.23 bits per heavy atom. The molecular weight excluding hydrogens is 386 g/mol. The van der Waals surface area contributed by atoms with E-state index in [1.807, 2.05) is 29.2 Å². The number of ether oxygens (including phenoxy) is 1. The molecule has 0 bridgehead atoms. The van der Waals surface area contributed by atoms with E-state index in [9.17, 15) is 20.1 Å². The normalized spacial score (nSPS) is 14.5. The maximum absolute atomic E-state index is 12.0. The van der Waals surface area contributed by atoms with Gasteiger partial charge in [0.25, 0.3) is 11.5 Å². The highest BCUT2D eigenvalue weighted by atomic mass is 16.6. The number of piperidine rings is 1. The molecule has 1 aliphatic heterocycles. The maximum Gasteiger partial charge on any atom is 0.286 e. The number of carbonyl (C=O) groups is 1. The zero-order valence-corrected chi connectivity index (χ0v) is 17.2. The van der Waals surface area contributed by atoms with Crippen molar-refractivity contribution in [2.75, 3.05) is 24.6 Å². The number of carbonyl (C=O) groups excluding carboxylic acids is 1. The summed E-state index contributed by atoms with van der Waals surface area (Å²) in [4.78, 5) is 23.5. The number of anilines is 1. The molecule has 1 aromatic carbocycles. The molecule has 0 amide bonds. The number of Topliss-reactive ketones (excluding diaryl/α,β-unsaturated/α-hetero) is 1. The lowest BCUT2D eigenvalue weighted by molar-refractivity contribution is -0.593. The molecule has 0 atom stereocenters. The minimum absolute atomic E-state index is 0.0695. The highest BCUT2D eigenvalue weighted by Gasteiger charge is 2.27. The minimum atomic E-state index is -0.483. The van der Waals surface area contributed by atoms with E-state index in [1.54, 1.807) is 6.92 Å². The lowest BCUT2D eigenvalue weighted by atomic mass is 9.94. The van der Waals surface area contributed by atoms with Crippen LogP contribution in [0.5, 0.6) is 5.75 Å². The van der Waals surface area contributed by atoms with E-state index in [-0.39, 0.29) is 11.5 Å². The predicted molar refractivity (Wildman–Crippen MR) is 113 cm³/mol. The van der Waals surface area contributed by atoms with Gasteiger partial charge in [0.1, 0.15) is 23.8 Å². The van der Waals surface area contributed by atoms with Crippen LogP contribution in [-0.2, 0) is 11.2 Å². The third-order valence-electron chi connectivity index (χ3n) is 5.52. The third kappa shape index (κ3) is 5.92. The number of hydrogen-bond acceptors (Lipinski definition) is 6. The molecule has 0 radical (unpaired) electrons. The summed E-state index contributed by atoms with van der Waals surface area (Å²) in [6.45, 7) is 3.61. The van der Waals surface area contributed by atoms with E-state index >= 15 is 0 Å². The summed E-state index contributed by atoms with van der Waals surface area (Å²) in [6.07, 6.45) is 5.25. The van der Waals surface area contributed by atoms with Crippen molar-refractivity contribution in [3.05, 3.63) is 63.5 Å². The highest BCUT2D eigenvalue weighted by Crippen LogP contribution is 2.25. The average molecular weight is 413 g/mol. The second-order valence-electron chi connectivity index (χ2n) is 7.74. The van der Waals surface area contributed by atoms with Gasteiger partial charge in [-0.15, -0.1) is 0 Å². The van der Waals surface area contributed by atoms with Gasteiger partial charge < -0.3 is 14.7 Å². The van der Waals surface area contributed by atoms with Crippen molar-refractivity contribution in [3.8, 4) is 5.75 Å². The average Bonchev–Trinajstić information content (AvgIpc) is 2.74. The van der Waals surface area contributed by atoms with Gasteiger partial charge in [-0.3, -0.25) is 15.0 Å². The first-order chi connectivity index (χ1) is 14.4. The summed E-state index contributed by atoms with van der Waals surface area (Å²) in [5, 5.41) is 23.0. The van der Waals surface area contributed by atoms with Crippen molar-refractivity contribution in [2.24, 2.45) is 5.92 Å². The van der Waals surface area contributed by atoms with E-state index in [1.165, 1.54) is 18.3 Å². The number of pyridine rings is 1. The van der Waals surface area contributed by atoms with Crippen LogP contribution in [0.25, 0.3) is 0 Å². The number of nitro groups is 1. The van der Waals surface area contributed by atoms with Crippen LogP contribution in [0.2, 0.25) is 0 Å². The Kier molecular flexibility index (Phi) is 7.21. The van der Waals surface area contributed by atoms with Crippen LogP contribution in [0, 0.1) is 21.2 Å². The van der Waals surface area contributed by atoms with Crippen molar-refractivity contribution in [2.45, 2.75) is 39.0 Å². The minimum Gasteiger partial charge on any atom is -0.711 e.